The molecule has 1 aromatic carbocycles. The second kappa shape index (κ2) is 5.66. The Morgan fingerprint density at radius 1 is 1.11 bits per heavy atom. The van der Waals surface area contributed by atoms with Crippen LogP contribution in [0.15, 0.2) is 24.3 Å². The first-order valence-corrected chi connectivity index (χ1v) is 8.17. The predicted octanol–water partition coefficient (Wildman–Crippen LogP) is 4.34. The Labute approximate surface area is 117 Å². The van der Waals surface area contributed by atoms with E-state index in [0.29, 0.717) is 6.04 Å². The van der Waals surface area contributed by atoms with Gasteiger partial charge in [0, 0.05) is 6.04 Å². The molecular weight excluding hydrogens is 230 g/mol. The fraction of sp³-hybridized carbons (Fsp3) is 0.667. The molecule has 0 amide bonds. The highest BCUT2D eigenvalue weighted by Crippen LogP contribution is 2.62. The van der Waals surface area contributed by atoms with E-state index in [0.717, 1.165) is 30.7 Å². The fourth-order valence-corrected chi connectivity index (χ4v) is 4.11. The van der Waals surface area contributed by atoms with Crippen molar-refractivity contribution in [2.24, 2.45) is 17.8 Å². The predicted molar refractivity (Wildman–Crippen MR) is 81.2 cm³/mol. The summed E-state index contributed by atoms with van der Waals surface area (Å²) in [7, 11) is 0. The van der Waals surface area contributed by atoms with E-state index in [2.05, 4.69) is 43.4 Å². The van der Waals surface area contributed by atoms with Gasteiger partial charge in [-0.05, 0) is 61.1 Å². The maximum atomic E-state index is 3.81. The summed E-state index contributed by atoms with van der Waals surface area (Å²) in [4.78, 5) is 0. The maximum absolute atomic E-state index is 3.81. The summed E-state index contributed by atoms with van der Waals surface area (Å²) in [6.45, 7) is 5.64. The minimum atomic E-state index is 0.612. The number of benzene rings is 1. The zero-order chi connectivity index (χ0) is 13.2. The zero-order valence-electron chi connectivity index (χ0n) is 12.4. The molecule has 2 saturated carbocycles. The summed E-state index contributed by atoms with van der Waals surface area (Å²) in [5.41, 5.74) is 2.97. The van der Waals surface area contributed by atoms with E-state index < -0.39 is 0 Å². The zero-order valence-corrected chi connectivity index (χ0v) is 12.4. The monoisotopic (exact) mass is 257 g/mol. The minimum Gasteiger partial charge on any atom is -0.310 e. The van der Waals surface area contributed by atoms with E-state index in [1.807, 2.05) is 0 Å². The van der Waals surface area contributed by atoms with Crippen molar-refractivity contribution in [2.45, 2.75) is 52.0 Å². The van der Waals surface area contributed by atoms with Gasteiger partial charge in [0.25, 0.3) is 0 Å². The second-order valence-corrected chi connectivity index (χ2v) is 6.36. The molecule has 104 valence electrons. The van der Waals surface area contributed by atoms with Crippen molar-refractivity contribution in [2.75, 3.05) is 6.54 Å². The van der Waals surface area contributed by atoms with Gasteiger partial charge in [0.1, 0.15) is 0 Å². The smallest absolute Gasteiger partial charge is 0.0354 e. The fourth-order valence-electron chi connectivity index (χ4n) is 4.11. The molecule has 3 atom stereocenters. The van der Waals surface area contributed by atoms with Crippen molar-refractivity contribution in [3.63, 3.8) is 0 Å². The minimum absolute atomic E-state index is 0.612. The van der Waals surface area contributed by atoms with Gasteiger partial charge in [0.05, 0.1) is 0 Å². The first-order valence-electron chi connectivity index (χ1n) is 8.17. The van der Waals surface area contributed by atoms with Crippen LogP contribution >= 0.6 is 0 Å². The van der Waals surface area contributed by atoms with E-state index in [1.54, 1.807) is 0 Å². The molecule has 2 fully saturated rings. The molecule has 1 heteroatoms. The van der Waals surface area contributed by atoms with Crippen molar-refractivity contribution >= 4 is 0 Å². The summed E-state index contributed by atoms with van der Waals surface area (Å²) in [6, 6.07) is 9.96. The van der Waals surface area contributed by atoms with Gasteiger partial charge in [0.15, 0.2) is 0 Å². The van der Waals surface area contributed by atoms with Gasteiger partial charge in [0.2, 0.25) is 0 Å². The van der Waals surface area contributed by atoms with Gasteiger partial charge in [-0.1, -0.05) is 44.5 Å². The molecule has 0 bridgehead atoms. The van der Waals surface area contributed by atoms with Crippen LogP contribution in [0.1, 0.15) is 56.7 Å². The van der Waals surface area contributed by atoms with Crippen LogP contribution < -0.4 is 5.32 Å². The van der Waals surface area contributed by atoms with Crippen LogP contribution in [0.4, 0.5) is 0 Å². The molecule has 1 aromatic rings. The van der Waals surface area contributed by atoms with Crippen LogP contribution in [-0.2, 0) is 6.42 Å². The molecule has 1 N–H and O–H groups in total. The van der Waals surface area contributed by atoms with Gasteiger partial charge in [-0.3, -0.25) is 0 Å². The highest BCUT2D eigenvalue weighted by Gasteiger charge is 2.55. The Hall–Kier alpha value is -0.820. The molecule has 3 unspecified atom stereocenters. The molecule has 19 heavy (non-hydrogen) atoms. The number of aryl methyl sites for hydroxylation is 1. The van der Waals surface area contributed by atoms with Crippen molar-refractivity contribution in [3.05, 3.63) is 35.4 Å². The molecule has 0 radical (unpaired) electrons. The highest BCUT2D eigenvalue weighted by atomic mass is 14.9. The quantitative estimate of drug-likeness (QED) is 0.799. The lowest BCUT2D eigenvalue weighted by Gasteiger charge is -2.21. The molecule has 0 saturated heterocycles. The van der Waals surface area contributed by atoms with Crippen molar-refractivity contribution in [1.82, 2.24) is 5.32 Å². The molecule has 0 aromatic heterocycles. The third kappa shape index (κ3) is 2.58. The van der Waals surface area contributed by atoms with Gasteiger partial charge >= 0.3 is 0 Å². The van der Waals surface area contributed by atoms with Crippen LogP contribution in [-0.4, -0.2) is 6.54 Å². The Kier molecular flexibility index (Phi) is 3.93. The second-order valence-electron chi connectivity index (χ2n) is 6.36. The molecule has 0 aliphatic heterocycles. The molecule has 2 aliphatic rings. The molecule has 0 heterocycles. The van der Waals surface area contributed by atoms with Gasteiger partial charge in [-0.15, -0.1) is 0 Å². The van der Waals surface area contributed by atoms with Crippen molar-refractivity contribution < 1.29 is 0 Å². The largest absolute Gasteiger partial charge is 0.310 e. The van der Waals surface area contributed by atoms with E-state index in [9.17, 15) is 0 Å². The first-order chi connectivity index (χ1) is 9.35. The van der Waals surface area contributed by atoms with Crippen LogP contribution in [0.25, 0.3) is 0 Å². The van der Waals surface area contributed by atoms with Crippen LogP contribution in [0.5, 0.6) is 0 Å². The average Bonchev–Trinajstić information content (AvgIpc) is 2.92. The van der Waals surface area contributed by atoms with Gasteiger partial charge in [-0.2, -0.15) is 0 Å². The third-order valence-corrected chi connectivity index (χ3v) is 5.22. The Morgan fingerprint density at radius 2 is 1.79 bits per heavy atom. The standard InChI is InChI=1S/C18H27N/c1-3-12-19-18(17-15-6-5-7-16(15)17)14-10-8-13(4-2)9-11-14/h8-11,15-19H,3-7,12H2,1-2H3. The van der Waals surface area contributed by atoms with Crippen LogP contribution in [0.2, 0.25) is 0 Å². The summed E-state index contributed by atoms with van der Waals surface area (Å²) in [5.74, 6) is 2.98. The van der Waals surface area contributed by atoms with Crippen LogP contribution in [0.3, 0.4) is 0 Å². The topological polar surface area (TPSA) is 12.0 Å². The summed E-state index contributed by atoms with van der Waals surface area (Å²) >= 11 is 0. The normalized spacial score (nSPS) is 30.1. The molecule has 0 spiro atoms. The first kappa shape index (κ1) is 13.2. The van der Waals surface area contributed by atoms with Gasteiger partial charge in [-0.25, -0.2) is 0 Å². The number of nitrogens with one attached hydrogen (secondary N) is 1. The van der Waals surface area contributed by atoms with Crippen LogP contribution in [0, 0.1) is 17.8 Å². The van der Waals surface area contributed by atoms with Crippen molar-refractivity contribution in [3.8, 4) is 0 Å². The lowest BCUT2D eigenvalue weighted by molar-refractivity contribution is 0.417. The lowest BCUT2D eigenvalue weighted by atomic mass is 9.95. The number of hydrogen-bond donors (Lipinski definition) is 1. The van der Waals surface area contributed by atoms with E-state index in [1.165, 1.54) is 36.8 Å². The van der Waals surface area contributed by atoms with Crippen molar-refractivity contribution in [1.29, 1.82) is 0 Å². The summed E-state index contributed by atoms with van der Waals surface area (Å²) in [6.07, 6.45) is 6.80. The highest BCUT2D eigenvalue weighted by molar-refractivity contribution is 5.28. The molecule has 2 aliphatic carbocycles. The Morgan fingerprint density at radius 3 is 2.37 bits per heavy atom. The number of fused-ring (bicyclic) bond motifs is 1. The van der Waals surface area contributed by atoms with E-state index in [-0.39, 0.29) is 0 Å². The summed E-state index contributed by atoms with van der Waals surface area (Å²) < 4.78 is 0. The molecule has 3 rings (SSSR count). The maximum Gasteiger partial charge on any atom is 0.0354 e. The number of hydrogen-bond acceptors (Lipinski definition) is 1. The Balaban J connectivity index is 1.74. The van der Waals surface area contributed by atoms with Gasteiger partial charge < -0.3 is 5.32 Å². The third-order valence-electron chi connectivity index (χ3n) is 5.22. The average molecular weight is 257 g/mol. The molecule has 1 nitrogen and oxygen atoms in total. The van der Waals surface area contributed by atoms with E-state index in [4.69, 9.17) is 0 Å². The Bertz CT molecular complexity index is 398. The SMILES string of the molecule is CCCNC(c1ccc(CC)cc1)C1C2CCCC21. The molecular formula is C18H27N. The van der Waals surface area contributed by atoms with E-state index >= 15 is 0 Å². The lowest BCUT2D eigenvalue weighted by Crippen LogP contribution is -2.25. The number of rotatable bonds is 6. The summed E-state index contributed by atoms with van der Waals surface area (Å²) in [5, 5.41) is 3.81.